The van der Waals surface area contributed by atoms with Crippen LogP contribution in [-0.4, -0.2) is 54.4 Å². The van der Waals surface area contributed by atoms with Crippen LogP contribution in [0.4, 0.5) is 0 Å². The van der Waals surface area contributed by atoms with E-state index >= 15 is 0 Å². The van der Waals surface area contributed by atoms with Crippen LogP contribution in [0.1, 0.15) is 6.42 Å². The molecule has 4 rings (SSSR count). The quantitative estimate of drug-likeness (QED) is 0.671. The zero-order chi connectivity index (χ0) is 16.5. The molecule has 1 aliphatic heterocycles. The SMILES string of the molecule is CN1CCN(C2/C=C\C3=C(/C=C4/C=CC=CC42)C(Cl)CC=C3)CC1. The Hall–Kier alpha value is -1.35. The van der Waals surface area contributed by atoms with Crippen molar-refractivity contribution in [3.8, 4) is 0 Å². The number of allylic oxidation sites excluding steroid dienone is 9. The Morgan fingerprint density at radius 3 is 2.67 bits per heavy atom. The van der Waals surface area contributed by atoms with Crippen LogP contribution in [0.15, 0.2) is 71.4 Å². The van der Waals surface area contributed by atoms with Gasteiger partial charge >= 0.3 is 0 Å². The number of nitrogens with zero attached hydrogens (tertiary/aromatic N) is 2. The van der Waals surface area contributed by atoms with Crippen molar-refractivity contribution >= 4 is 11.6 Å². The minimum atomic E-state index is 0.0855. The van der Waals surface area contributed by atoms with E-state index in [0.717, 1.165) is 32.6 Å². The van der Waals surface area contributed by atoms with Gasteiger partial charge in [-0.15, -0.1) is 11.6 Å². The van der Waals surface area contributed by atoms with Crippen LogP contribution in [0.25, 0.3) is 0 Å². The summed E-state index contributed by atoms with van der Waals surface area (Å²) in [6.45, 7) is 4.56. The molecule has 0 radical (unpaired) electrons. The lowest BCUT2D eigenvalue weighted by atomic mass is 9.81. The minimum Gasteiger partial charge on any atom is -0.304 e. The number of hydrogen-bond acceptors (Lipinski definition) is 2. The molecule has 0 spiro atoms. The Labute approximate surface area is 150 Å². The molecule has 3 aliphatic carbocycles. The van der Waals surface area contributed by atoms with E-state index < -0.39 is 0 Å². The molecule has 2 nitrogen and oxygen atoms in total. The van der Waals surface area contributed by atoms with Crippen LogP contribution in [-0.2, 0) is 0 Å². The number of rotatable bonds is 1. The maximum atomic E-state index is 6.60. The average Bonchev–Trinajstić information content (AvgIpc) is 2.58. The number of likely N-dealkylation sites (N-methyl/N-ethyl adjacent to an activating group) is 1. The van der Waals surface area contributed by atoms with Crippen molar-refractivity contribution in [3.05, 3.63) is 71.4 Å². The van der Waals surface area contributed by atoms with Gasteiger partial charge in [0.15, 0.2) is 0 Å². The number of fused-ring (bicyclic) bond motifs is 1. The molecule has 0 bridgehead atoms. The second-order valence-corrected chi connectivity index (χ2v) is 7.65. The predicted octanol–water partition coefficient (Wildman–Crippen LogP) is 3.70. The van der Waals surface area contributed by atoms with Gasteiger partial charge in [-0.1, -0.05) is 54.7 Å². The van der Waals surface area contributed by atoms with E-state index in [1.807, 2.05) is 0 Å². The molecule has 3 atom stereocenters. The molecule has 0 aromatic rings. The van der Waals surface area contributed by atoms with E-state index in [1.165, 1.54) is 16.7 Å². The molecule has 24 heavy (non-hydrogen) atoms. The third kappa shape index (κ3) is 3.11. The van der Waals surface area contributed by atoms with Gasteiger partial charge in [-0.05, 0) is 30.2 Å². The predicted molar refractivity (Wildman–Crippen MR) is 102 cm³/mol. The zero-order valence-corrected chi connectivity index (χ0v) is 15.0. The number of halogens is 1. The maximum absolute atomic E-state index is 6.60. The molecule has 1 heterocycles. The lowest BCUT2D eigenvalue weighted by Gasteiger charge is -2.41. The lowest BCUT2D eigenvalue weighted by Crippen LogP contribution is -2.50. The summed E-state index contributed by atoms with van der Waals surface area (Å²) in [7, 11) is 2.21. The highest BCUT2D eigenvalue weighted by molar-refractivity contribution is 6.23. The van der Waals surface area contributed by atoms with Crippen LogP contribution in [0, 0.1) is 5.92 Å². The van der Waals surface area contributed by atoms with Crippen molar-refractivity contribution in [3.63, 3.8) is 0 Å². The monoisotopic (exact) mass is 340 g/mol. The number of piperazine rings is 1. The average molecular weight is 341 g/mol. The standard InChI is InChI=1S/C21H25ClN2/c1-23-11-13-24(14-12-23)21-10-9-16-6-4-8-20(22)19(16)15-17-5-2-3-7-18(17)21/h2-7,9-10,15,18,20-21H,8,11-14H2,1H3/b10-9-,17-15-. The molecule has 3 unspecified atom stereocenters. The third-order valence-corrected chi connectivity index (χ3v) is 5.95. The molecule has 0 aromatic heterocycles. The van der Waals surface area contributed by atoms with E-state index in [0.29, 0.717) is 12.0 Å². The molecule has 3 heteroatoms. The summed E-state index contributed by atoms with van der Waals surface area (Å²) in [4.78, 5) is 5.05. The van der Waals surface area contributed by atoms with Gasteiger partial charge in [-0.3, -0.25) is 4.90 Å². The van der Waals surface area contributed by atoms with Gasteiger partial charge in [0.2, 0.25) is 0 Å². The van der Waals surface area contributed by atoms with Gasteiger partial charge in [0.25, 0.3) is 0 Å². The molecule has 0 N–H and O–H groups in total. The van der Waals surface area contributed by atoms with E-state index in [2.05, 4.69) is 71.5 Å². The summed E-state index contributed by atoms with van der Waals surface area (Å²) in [5, 5.41) is 0.0855. The fourth-order valence-electron chi connectivity index (χ4n) is 4.04. The Morgan fingerprint density at radius 1 is 1.00 bits per heavy atom. The van der Waals surface area contributed by atoms with Gasteiger partial charge < -0.3 is 4.90 Å². The first-order valence-electron chi connectivity index (χ1n) is 8.94. The topological polar surface area (TPSA) is 6.48 Å². The third-order valence-electron chi connectivity index (χ3n) is 5.54. The summed E-state index contributed by atoms with van der Waals surface area (Å²) < 4.78 is 0. The van der Waals surface area contributed by atoms with E-state index in [4.69, 9.17) is 11.6 Å². The van der Waals surface area contributed by atoms with Crippen LogP contribution < -0.4 is 0 Å². The molecular formula is C21H25ClN2. The summed E-state index contributed by atoms with van der Waals surface area (Å²) in [6.07, 6.45) is 21.3. The highest BCUT2D eigenvalue weighted by Crippen LogP contribution is 2.35. The molecule has 1 fully saturated rings. The minimum absolute atomic E-state index is 0.0855. The van der Waals surface area contributed by atoms with Gasteiger partial charge in [-0.2, -0.15) is 0 Å². The smallest absolute Gasteiger partial charge is 0.0625 e. The van der Waals surface area contributed by atoms with Gasteiger partial charge in [0, 0.05) is 38.1 Å². The largest absolute Gasteiger partial charge is 0.304 e. The van der Waals surface area contributed by atoms with Crippen molar-refractivity contribution < 1.29 is 0 Å². The molecular weight excluding hydrogens is 316 g/mol. The van der Waals surface area contributed by atoms with Gasteiger partial charge in [0.1, 0.15) is 0 Å². The summed E-state index contributed by atoms with van der Waals surface area (Å²) in [5.74, 6) is 0.415. The Bertz CT molecular complexity index is 672. The van der Waals surface area contributed by atoms with E-state index in [1.54, 1.807) is 0 Å². The molecule has 126 valence electrons. The second-order valence-electron chi connectivity index (χ2n) is 7.12. The first-order valence-corrected chi connectivity index (χ1v) is 9.38. The highest BCUT2D eigenvalue weighted by Gasteiger charge is 2.30. The lowest BCUT2D eigenvalue weighted by molar-refractivity contribution is 0.118. The fourth-order valence-corrected chi connectivity index (χ4v) is 4.33. The van der Waals surface area contributed by atoms with E-state index in [9.17, 15) is 0 Å². The number of alkyl halides is 1. The number of hydrogen-bond donors (Lipinski definition) is 0. The summed E-state index contributed by atoms with van der Waals surface area (Å²) >= 11 is 6.60. The fraction of sp³-hybridized carbons (Fsp3) is 0.429. The molecule has 0 amide bonds. The van der Waals surface area contributed by atoms with Crippen LogP contribution in [0.5, 0.6) is 0 Å². The Morgan fingerprint density at radius 2 is 1.83 bits per heavy atom. The second kappa shape index (κ2) is 6.87. The Balaban J connectivity index is 1.72. The van der Waals surface area contributed by atoms with Gasteiger partial charge in [-0.25, -0.2) is 0 Å². The maximum Gasteiger partial charge on any atom is 0.0625 e. The van der Waals surface area contributed by atoms with Crippen molar-refractivity contribution in [1.82, 2.24) is 9.80 Å². The summed E-state index contributed by atoms with van der Waals surface area (Å²) in [5.41, 5.74) is 3.93. The summed E-state index contributed by atoms with van der Waals surface area (Å²) in [6, 6.07) is 0.421. The first kappa shape index (κ1) is 16.1. The Kier molecular flexibility index (Phi) is 4.62. The normalized spacial score (nSPS) is 37.2. The van der Waals surface area contributed by atoms with Crippen molar-refractivity contribution in [2.45, 2.75) is 17.8 Å². The first-order chi connectivity index (χ1) is 11.7. The van der Waals surface area contributed by atoms with Crippen molar-refractivity contribution in [2.24, 2.45) is 5.92 Å². The van der Waals surface area contributed by atoms with Crippen LogP contribution >= 0.6 is 11.6 Å². The molecule has 0 aromatic carbocycles. The van der Waals surface area contributed by atoms with E-state index in [-0.39, 0.29) is 5.38 Å². The molecule has 0 saturated carbocycles. The van der Waals surface area contributed by atoms with Crippen molar-refractivity contribution in [2.75, 3.05) is 33.2 Å². The van der Waals surface area contributed by atoms with Crippen LogP contribution in [0.2, 0.25) is 0 Å². The molecule has 4 aliphatic rings. The molecule has 1 saturated heterocycles. The van der Waals surface area contributed by atoms with Crippen molar-refractivity contribution in [1.29, 1.82) is 0 Å². The highest BCUT2D eigenvalue weighted by atomic mass is 35.5. The zero-order valence-electron chi connectivity index (χ0n) is 14.2. The van der Waals surface area contributed by atoms with Gasteiger partial charge in [0.05, 0.1) is 5.38 Å². The van der Waals surface area contributed by atoms with Crippen LogP contribution in [0.3, 0.4) is 0 Å².